The zero-order valence-corrected chi connectivity index (χ0v) is 15.4. The summed E-state index contributed by atoms with van der Waals surface area (Å²) in [7, 11) is 1.70. The topological polar surface area (TPSA) is 64.7 Å². The number of aromatic nitrogens is 4. The van der Waals surface area contributed by atoms with Crippen molar-refractivity contribution < 1.29 is 9.18 Å². The van der Waals surface area contributed by atoms with Crippen molar-refractivity contribution in [2.75, 3.05) is 5.32 Å². The number of carbonyl (C=O) groups excluding carboxylic acids is 1. The molecule has 0 saturated carbocycles. The van der Waals surface area contributed by atoms with Gasteiger partial charge in [-0.2, -0.15) is 10.2 Å². The van der Waals surface area contributed by atoms with Gasteiger partial charge in [0.25, 0.3) is 5.91 Å². The second-order valence-corrected chi connectivity index (χ2v) is 6.62. The second-order valence-electron chi connectivity index (χ2n) is 5.05. The molecule has 1 aromatic carbocycles. The van der Waals surface area contributed by atoms with Crippen molar-refractivity contribution in [2.24, 2.45) is 7.05 Å². The number of halogens is 3. The van der Waals surface area contributed by atoms with Crippen molar-refractivity contribution in [3.05, 3.63) is 62.3 Å². The number of nitrogens with zero attached hydrogens (tertiary/aromatic N) is 4. The standard InChI is InChI=1S/C15H12ClFIN5O/c1-22-14(12(18)7-19-22)15(24)20-13-4-5-23(21-13)8-9-2-3-10(17)6-11(9)16/h2-7H,8H2,1H3,(H,20,21,24). The van der Waals surface area contributed by atoms with Gasteiger partial charge < -0.3 is 5.32 Å². The van der Waals surface area contributed by atoms with Gasteiger partial charge >= 0.3 is 0 Å². The van der Waals surface area contributed by atoms with Crippen LogP contribution in [0, 0.1) is 9.39 Å². The van der Waals surface area contributed by atoms with Crippen molar-refractivity contribution in [1.82, 2.24) is 19.6 Å². The van der Waals surface area contributed by atoms with Gasteiger partial charge in [0, 0.05) is 24.3 Å². The first-order valence-corrected chi connectivity index (χ1v) is 8.36. The van der Waals surface area contributed by atoms with Gasteiger partial charge in [0.2, 0.25) is 0 Å². The van der Waals surface area contributed by atoms with E-state index in [1.54, 1.807) is 36.3 Å². The van der Waals surface area contributed by atoms with Crippen LogP contribution in [-0.2, 0) is 13.6 Å². The summed E-state index contributed by atoms with van der Waals surface area (Å²) in [6.07, 6.45) is 3.33. The number of hydrogen-bond acceptors (Lipinski definition) is 3. The van der Waals surface area contributed by atoms with E-state index in [0.29, 0.717) is 23.1 Å². The number of amides is 1. The van der Waals surface area contributed by atoms with E-state index in [1.807, 2.05) is 0 Å². The number of benzene rings is 1. The van der Waals surface area contributed by atoms with E-state index in [-0.39, 0.29) is 11.7 Å². The minimum Gasteiger partial charge on any atom is -0.304 e. The van der Waals surface area contributed by atoms with E-state index < -0.39 is 0 Å². The fraction of sp³-hybridized carbons (Fsp3) is 0.133. The molecule has 3 aromatic rings. The zero-order chi connectivity index (χ0) is 17.3. The summed E-state index contributed by atoms with van der Waals surface area (Å²) in [6.45, 7) is 0.373. The first-order valence-electron chi connectivity index (χ1n) is 6.90. The molecule has 2 aromatic heterocycles. The lowest BCUT2D eigenvalue weighted by molar-refractivity contribution is 0.101. The molecule has 9 heteroatoms. The summed E-state index contributed by atoms with van der Waals surface area (Å²) in [4.78, 5) is 12.3. The lowest BCUT2D eigenvalue weighted by Crippen LogP contribution is -2.18. The fourth-order valence-corrected chi connectivity index (χ4v) is 3.13. The normalized spacial score (nSPS) is 10.8. The molecule has 6 nitrogen and oxygen atoms in total. The summed E-state index contributed by atoms with van der Waals surface area (Å²) >= 11 is 8.06. The molecule has 0 aliphatic heterocycles. The van der Waals surface area contributed by atoms with Crippen LogP contribution < -0.4 is 5.32 Å². The molecule has 0 aliphatic rings. The highest BCUT2D eigenvalue weighted by atomic mass is 127. The summed E-state index contributed by atoms with van der Waals surface area (Å²) in [5.74, 6) is -0.261. The number of anilines is 1. The third kappa shape index (κ3) is 3.59. The largest absolute Gasteiger partial charge is 0.304 e. The van der Waals surface area contributed by atoms with Gasteiger partial charge in [-0.1, -0.05) is 17.7 Å². The van der Waals surface area contributed by atoms with E-state index in [1.165, 1.54) is 16.8 Å². The summed E-state index contributed by atoms with van der Waals surface area (Å²) in [6, 6.07) is 5.89. The van der Waals surface area contributed by atoms with E-state index in [0.717, 1.165) is 9.13 Å². The molecule has 0 aliphatic carbocycles. The molecule has 0 radical (unpaired) electrons. The molecule has 0 unspecified atom stereocenters. The van der Waals surface area contributed by atoms with E-state index in [2.05, 4.69) is 38.1 Å². The summed E-state index contributed by atoms with van der Waals surface area (Å²) in [5, 5.41) is 11.4. The van der Waals surface area contributed by atoms with Gasteiger partial charge in [-0.25, -0.2) is 4.39 Å². The van der Waals surface area contributed by atoms with Gasteiger partial charge in [0.05, 0.1) is 16.3 Å². The molecule has 0 bridgehead atoms. The van der Waals surface area contributed by atoms with Crippen LogP contribution in [0.15, 0.2) is 36.7 Å². The van der Waals surface area contributed by atoms with Crippen LogP contribution >= 0.6 is 34.2 Å². The van der Waals surface area contributed by atoms with E-state index in [4.69, 9.17) is 11.6 Å². The molecule has 1 N–H and O–H groups in total. The minimum absolute atomic E-state index is 0.288. The van der Waals surface area contributed by atoms with Gasteiger partial charge in [0.15, 0.2) is 5.82 Å². The maximum Gasteiger partial charge on any atom is 0.276 e. The van der Waals surface area contributed by atoms with Crippen molar-refractivity contribution in [3.63, 3.8) is 0 Å². The summed E-state index contributed by atoms with van der Waals surface area (Å²) < 4.78 is 16.9. The van der Waals surface area contributed by atoms with Crippen molar-refractivity contribution in [2.45, 2.75) is 6.54 Å². The van der Waals surface area contributed by atoms with Crippen molar-refractivity contribution in [1.29, 1.82) is 0 Å². The molecule has 124 valence electrons. The highest BCUT2D eigenvalue weighted by Crippen LogP contribution is 2.19. The predicted molar refractivity (Wildman–Crippen MR) is 96.6 cm³/mol. The Kier molecular flexibility index (Phi) is 4.86. The van der Waals surface area contributed by atoms with Crippen molar-refractivity contribution >= 4 is 45.9 Å². The van der Waals surface area contributed by atoms with Crippen LogP contribution in [0.5, 0.6) is 0 Å². The molecular weight excluding hydrogens is 448 g/mol. The smallest absolute Gasteiger partial charge is 0.276 e. The lowest BCUT2D eigenvalue weighted by atomic mass is 10.2. The number of nitrogens with one attached hydrogen (secondary N) is 1. The minimum atomic E-state index is -0.386. The average molecular weight is 460 g/mol. The summed E-state index contributed by atoms with van der Waals surface area (Å²) in [5.41, 5.74) is 1.20. The Hall–Kier alpha value is -1.94. The Labute approximate surface area is 155 Å². The van der Waals surface area contributed by atoms with Gasteiger partial charge in [0.1, 0.15) is 11.5 Å². The van der Waals surface area contributed by atoms with Crippen LogP contribution in [0.25, 0.3) is 0 Å². The predicted octanol–water partition coefficient (Wildman–Crippen LogP) is 3.31. The van der Waals surface area contributed by atoms with E-state index >= 15 is 0 Å². The Morgan fingerprint density at radius 1 is 1.42 bits per heavy atom. The molecule has 0 atom stereocenters. The third-order valence-corrected chi connectivity index (χ3v) is 4.48. The third-order valence-electron chi connectivity index (χ3n) is 3.34. The van der Waals surface area contributed by atoms with Crippen molar-refractivity contribution in [3.8, 4) is 0 Å². The van der Waals surface area contributed by atoms with Crippen LogP contribution in [0.3, 0.4) is 0 Å². The lowest BCUT2D eigenvalue weighted by Gasteiger charge is -2.05. The molecule has 0 fully saturated rings. The van der Waals surface area contributed by atoms with Crippen LogP contribution in [0.2, 0.25) is 5.02 Å². The zero-order valence-electron chi connectivity index (χ0n) is 12.5. The molecule has 1 amide bonds. The number of hydrogen-bond donors (Lipinski definition) is 1. The highest BCUT2D eigenvalue weighted by molar-refractivity contribution is 14.1. The highest BCUT2D eigenvalue weighted by Gasteiger charge is 2.16. The van der Waals surface area contributed by atoms with Gasteiger partial charge in [-0.05, 0) is 40.3 Å². The monoisotopic (exact) mass is 459 g/mol. The number of aryl methyl sites for hydroxylation is 1. The molecule has 0 saturated heterocycles. The molecule has 2 heterocycles. The Morgan fingerprint density at radius 2 is 2.21 bits per heavy atom. The maximum absolute atomic E-state index is 13.1. The van der Waals surface area contributed by atoms with Crippen LogP contribution in [0.1, 0.15) is 16.1 Å². The second kappa shape index (κ2) is 6.89. The quantitative estimate of drug-likeness (QED) is 0.609. The number of rotatable bonds is 4. The fourth-order valence-electron chi connectivity index (χ4n) is 2.18. The van der Waals surface area contributed by atoms with E-state index in [9.17, 15) is 9.18 Å². The molecule has 3 rings (SSSR count). The Balaban J connectivity index is 1.73. The van der Waals surface area contributed by atoms with Crippen LogP contribution in [-0.4, -0.2) is 25.5 Å². The van der Waals surface area contributed by atoms with Gasteiger partial charge in [-0.15, -0.1) is 0 Å². The molecular formula is C15H12ClFIN5O. The average Bonchev–Trinajstić information content (AvgIpc) is 3.08. The van der Waals surface area contributed by atoms with Gasteiger partial charge in [-0.3, -0.25) is 14.2 Å². The maximum atomic E-state index is 13.1. The first kappa shape index (κ1) is 16.9. The molecule has 0 spiro atoms. The first-order chi connectivity index (χ1) is 11.4. The Morgan fingerprint density at radius 3 is 2.88 bits per heavy atom. The number of carbonyl (C=O) groups is 1. The SMILES string of the molecule is Cn1ncc(I)c1C(=O)Nc1ccn(Cc2ccc(F)cc2Cl)n1. The molecule has 24 heavy (non-hydrogen) atoms. The Bertz CT molecular complexity index is 888. The van der Waals surface area contributed by atoms with Crippen LogP contribution in [0.4, 0.5) is 10.2 Å².